The molecule has 110 valence electrons. The van der Waals surface area contributed by atoms with E-state index in [4.69, 9.17) is 5.84 Å². The quantitative estimate of drug-likeness (QED) is 0.529. The summed E-state index contributed by atoms with van der Waals surface area (Å²) in [5, 5.41) is 10.5. The van der Waals surface area contributed by atoms with E-state index in [0.717, 1.165) is 24.2 Å². The number of anilines is 2. The van der Waals surface area contributed by atoms with Crippen LogP contribution in [0.15, 0.2) is 12.4 Å². The third kappa shape index (κ3) is 3.45. The first-order valence-corrected chi connectivity index (χ1v) is 6.50. The second-order valence-electron chi connectivity index (χ2n) is 4.12. The highest BCUT2D eigenvalue weighted by atomic mass is 16.2. The minimum absolute atomic E-state index is 0.134. The van der Waals surface area contributed by atoms with Crippen molar-refractivity contribution < 1.29 is 4.79 Å². The van der Waals surface area contributed by atoms with Crippen LogP contribution in [-0.2, 0) is 12.8 Å². The van der Waals surface area contributed by atoms with Gasteiger partial charge in [-0.15, -0.1) is 10.2 Å². The van der Waals surface area contributed by atoms with Gasteiger partial charge in [0.15, 0.2) is 5.82 Å². The van der Waals surface area contributed by atoms with Crippen molar-refractivity contribution in [2.45, 2.75) is 26.7 Å². The number of hydrazine groups is 1. The van der Waals surface area contributed by atoms with Gasteiger partial charge in [0.1, 0.15) is 5.69 Å². The number of nitrogen functional groups attached to an aromatic ring is 1. The summed E-state index contributed by atoms with van der Waals surface area (Å²) >= 11 is 0. The van der Waals surface area contributed by atoms with Crippen molar-refractivity contribution in [1.29, 1.82) is 0 Å². The number of hydrogen-bond donors (Lipinski definition) is 3. The van der Waals surface area contributed by atoms with Gasteiger partial charge >= 0.3 is 0 Å². The lowest BCUT2D eigenvalue weighted by Crippen LogP contribution is -2.18. The van der Waals surface area contributed by atoms with Crippen LogP contribution in [0.1, 0.15) is 35.7 Å². The average Bonchev–Trinajstić information content (AvgIpc) is 2.54. The van der Waals surface area contributed by atoms with E-state index < -0.39 is 5.91 Å². The maximum Gasteiger partial charge on any atom is 0.278 e. The van der Waals surface area contributed by atoms with Crippen molar-refractivity contribution in [3.8, 4) is 0 Å². The van der Waals surface area contributed by atoms with Crippen molar-refractivity contribution in [3.05, 3.63) is 29.5 Å². The third-order valence-electron chi connectivity index (χ3n) is 2.77. The fraction of sp³-hybridized carbons (Fsp3) is 0.333. The fourth-order valence-corrected chi connectivity index (χ4v) is 1.68. The van der Waals surface area contributed by atoms with Gasteiger partial charge in [0, 0.05) is 0 Å². The largest absolute Gasteiger partial charge is 0.307 e. The predicted octanol–water partition coefficient (Wildman–Crippen LogP) is 0.324. The molecule has 0 fully saturated rings. The van der Waals surface area contributed by atoms with Gasteiger partial charge in [0.25, 0.3) is 5.91 Å². The van der Waals surface area contributed by atoms with E-state index in [0.29, 0.717) is 5.82 Å². The molecule has 0 radical (unpaired) electrons. The number of aromatic nitrogens is 5. The lowest BCUT2D eigenvalue weighted by Gasteiger charge is -2.06. The number of nitrogens with one attached hydrogen (secondary N) is 2. The van der Waals surface area contributed by atoms with Crippen molar-refractivity contribution in [2.24, 2.45) is 5.84 Å². The molecule has 0 aliphatic rings. The number of carbonyl (C=O) groups excluding carboxylic acids is 1. The van der Waals surface area contributed by atoms with Gasteiger partial charge in [-0.3, -0.25) is 10.1 Å². The molecule has 0 saturated carbocycles. The molecule has 0 aliphatic heterocycles. The van der Waals surface area contributed by atoms with E-state index in [9.17, 15) is 4.79 Å². The Labute approximate surface area is 121 Å². The van der Waals surface area contributed by atoms with Crippen LogP contribution >= 0.6 is 0 Å². The Kier molecular flexibility index (Phi) is 4.67. The number of nitrogens with zero attached hydrogens (tertiary/aromatic N) is 5. The van der Waals surface area contributed by atoms with E-state index >= 15 is 0 Å². The van der Waals surface area contributed by atoms with Crippen LogP contribution in [0.2, 0.25) is 0 Å². The van der Waals surface area contributed by atoms with Gasteiger partial charge < -0.3 is 5.43 Å². The Morgan fingerprint density at radius 2 is 1.90 bits per heavy atom. The van der Waals surface area contributed by atoms with Crippen LogP contribution in [0.4, 0.5) is 11.8 Å². The second-order valence-corrected chi connectivity index (χ2v) is 4.12. The molecule has 1 amide bonds. The molecule has 0 spiro atoms. The molecule has 9 heteroatoms. The van der Waals surface area contributed by atoms with Crippen LogP contribution < -0.4 is 16.6 Å². The standard InChI is InChI=1S/C12H16N8O/c1-3-7-8(4-2)19-20-12(16-7)17-11(21)9-5-15-10(18-13)6-14-9/h5-6H,3-4,13H2,1-2H3,(H,15,18)(H,16,17,20,21). The number of rotatable bonds is 5. The molecule has 2 aromatic heterocycles. The second kappa shape index (κ2) is 6.66. The van der Waals surface area contributed by atoms with Crippen molar-refractivity contribution in [3.63, 3.8) is 0 Å². The van der Waals surface area contributed by atoms with E-state index in [1.165, 1.54) is 12.4 Å². The van der Waals surface area contributed by atoms with Crippen LogP contribution in [0, 0.1) is 0 Å². The molecule has 2 heterocycles. The lowest BCUT2D eigenvalue weighted by molar-refractivity contribution is 0.102. The summed E-state index contributed by atoms with van der Waals surface area (Å²) in [6, 6.07) is 0. The zero-order valence-corrected chi connectivity index (χ0v) is 11.8. The maximum absolute atomic E-state index is 12.0. The van der Waals surface area contributed by atoms with Crippen LogP contribution in [0.25, 0.3) is 0 Å². The van der Waals surface area contributed by atoms with E-state index in [2.05, 4.69) is 35.9 Å². The van der Waals surface area contributed by atoms with E-state index in [1.54, 1.807) is 0 Å². The van der Waals surface area contributed by atoms with Gasteiger partial charge in [0.2, 0.25) is 5.95 Å². The lowest BCUT2D eigenvalue weighted by atomic mass is 10.2. The summed E-state index contributed by atoms with van der Waals surface area (Å²) in [5.41, 5.74) is 4.11. The highest BCUT2D eigenvalue weighted by Crippen LogP contribution is 2.08. The fourth-order valence-electron chi connectivity index (χ4n) is 1.68. The monoisotopic (exact) mass is 288 g/mol. The molecule has 9 nitrogen and oxygen atoms in total. The minimum atomic E-state index is -0.459. The van der Waals surface area contributed by atoms with Crippen LogP contribution in [-0.4, -0.2) is 31.1 Å². The van der Waals surface area contributed by atoms with Gasteiger partial charge in [0.05, 0.1) is 23.8 Å². The molecule has 2 aromatic rings. The topological polar surface area (TPSA) is 132 Å². The molecule has 0 aromatic carbocycles. The summed E-state index contributed by atoms with van der Waals surface area (Å²) < 4.78 is 0. The number of nitrogens with two attached hydrogens (primary N) is 1. The summed E-state index contributed by atoms with van der Waals surface area (Å²) in [7, 11) is 0. The molecule has 4 N–H and O–H groups in total. The summed E-state index contributed by atoms with van der Waals surface area (Å²) in [6.45, 7) is 3.95. The van der Waals surface area contributed by atoms with Gasteiger partial charge in [-0.25, -0.2) is 20.8 Å². The van der Waals surface area contributed by atoms with E-state index in [-0.39, 0.29) is 11.6 Å². The minimum Gasteiger partial charge on any atom is -0.307 e. The first-order valence-electron chi connectivity index (χ1n) is 6.50. The van der Waals surface area contributed by atoms with Gasteiger partial charge in [-0.1, -0.05) is 13.8 Å². The molecule has 0 aliphatic carbocycles. The Balaban J connectivity index is 2.14. The predicted molar refractivity (Wildman–Crippen MR) is 76.4 cm³/mol. The number of aryl methyl sites for hydroxylation is 2. The summed E-state index contributed by atoms with van der Waals surface area (Å²) in [5.74, 6) is 5.23. The van der Waals surface area contributed by atoms with Crippen molar-refractivity contribution in [1.82, 2.24) is 25.1 Å². The summed E-state index contributed by atoms with van der Waals surface area (Å²) in [4.78, 5) is 24.1. The van der Waals surface area contributed by atoms with Crippen LogP contribution in [0.3, 0.4) is 0 Å². The zero-order chi connectivity index (χ0) is 15.2. The smallest absolute Gasteiger partial charge is 0.278 e. The molecule has 21 heavy (non-hydrogen) atoms. The van der Waals surface area contributed by atoms with Crippen LogP contribution in [0.5, 0.6) is 0 Å². The first-order chi connectivity index (χ1) is 10.2. The molecular weight excluding hydrogens is 272 g/mol. The SMILES string of the molecule is CCc1nnc(NC(=O)c2cnc(NN)cn2)nc1CC. The molecular formula is C12H16N8O. The van der Waals surface area contributed by atoms with Crippen molar-refractivity contribution >= 4 is 17.7 Å². The highest BCUT2D eigenvalue weighted by Gasteiger charge is 2.12. The molecule has 0 unspecified atom stereocenters. The number of hydrogen-bond acceptors (Lipinski definition) is 8. The molecule has 0 atom stereocenters. The number of carbonyl (C=O) groups is 1. The third-order valence-corrected chi connectivity index (χ3v) is 2.77. The molecule has 2 rings (SSSR count). The highest BCUT2D eigenvalue weighted by molar-refractivity contribution is 6.01. The molecule has 0 saturated heterocycles. The Morgan fingerprint density at radius 1 is 1.14 bits per heavy atom. The van der Waals surface area contributed by atoms with E-state index in [1.807, 2.05) is 13.8 Å². The summed E-state index contributed by atoms with van der Waals surface area (Å²) in [6.07, 6.45) is 4.12. The molecule has 0 bridgehead atoms. The zero-order valence-electron chi connectivity index (χ0n) is 11.8. The Bertz CT molecular complexity index is 628. The Hall–Kier alpha value is -2.68. The normalized spacial score (nSPS) is 10.2. The Morgan fingerprint density at radius 3 is 2.48 bits per heavy atom. The van der Waals surface area contributed by atoms with Gasteiger partial charge in [-0.2, -0.15) is 0 Å². The van der Waals surface area contributed by atoms with Gasteiger partial charge in [-0.05, 0) is 12.8 Å². The number of amides is 1. The first kappa shape index (κ1) is 14.7. The maximum atomic E-state index is 12.0. The average molecular weight is 288 g/mol. The van der Waals surface area contributed by atoms with Crippen molar-refractivity contribution in [2.75, 3.05) is 10.7 Å².